The van der Waals surface area contributed by atoms with Gasteiger partial charge in [0, 0.05) is 31.4 Å². The SMILES string of the molecule is CC(C)(C)OC(=O)N1CCC(c2noc(-c3cccnc3)n2)C1. The second kappa shape index (κ2) is 5.98. The van der Waals surface area contributed by atoms with E-state index in [2.05, 4.69) is 15.1 Å². The third-order valence-electron chi connectivity index (χ3n) is 3.56. The van der Waals surface area contributed by atoms with E-state index in [4.69, 9.17) is 9.26 Å². The van der Waals surface area contributed by atoms with E-state index in [9.17, 15) is 4.79 Å². The zero-order valence-corrected chi connectivity index (χ0v) is 13.5. The van der Waals surface area contributed by atoms with Gasteiger partial charge in [-0.25, -0.2) is 4.79 Å². The number of carbonyl (C=O) groups excluding carboxylic acids is 1. The number of hydrogen-bond donors (Lipinski definition) is 0. The molecule has 23 heavy (non-hydrogen) atoms. The van der Waals surface area contributed by atoms with Crippen molar-refractivity contribution >= 4 is 6.09 Å². The van der Waals surface area contributed by atoms with Crippen molar-refractivity contribution in [1.82, 2.24) is 20.0 Å². The number of rotatable bonds is 2. The summed E-state index contributed by atoms with van der Waals surface area (Å²) in [6.45, 7) is 6.75. The lowest BCUT2D eigenvalue weighted by atomic mass is 10.1. The van der Waals surface area contributed by atoms with Crippen LogP contribution < -0.4 is 0 Å². The molecule has 0 bridgehead atoms. The third kappa shape index (κ3) is 3.67. The van der Waals surface area contributed by atoms with Gasteiger partial charge in [-0.1, -0.05) is 5.16 Å². The predicted molar refractivity (Wildman–Crippen MR) is 82.7 cm³/mol. The molecule has 7 heteroatoms. The van der Waals surface area contributed by atoms with Gasteiger partial charge in [-0.3, -0.25) is 4.98 Å². The molecule has 0 saturated carbocycles. The summed E-state index contributed by atoms with van der Waals surface area (Å²) in [7, 11) is 0. The quantitative estimate of drug-likeness (QED) is 0.847. The Kier molecular flexibility index (Phi) is 4.02. The number of likely N-dealkylation sites (tertiary alicyclic amines) is 1. The molecule has 0 spiro atoms. The Hall–Kier alpha value is -2.44. The van der Waals surface area contributed by atoms with Crippen molar-refractivity contribution in [2.75, 3.05) is 13.1 Å². The lowest BCUT2D eigenvalue weighted by Crippen LogP contribution is -2.35. The zero-order valence-electron chi connectivity index (χ0n) is 13.5. The molecule has 1 atom stereocenters. The van der Waals surface area contributed by atoms with Crippen molar-refractivity contribution in [3.8, 4) is 11.5 Å². The fourth-order valence-corrected chi connectivity index (χ4v) is 2.47. The van der Waals surface area contributed by atoms with Crippen molar-refractivity contribution in [2.24, 2.45) is 0 Å². The Labute approximate surface area is 134 Å². The number of nitrogens with zero attached hydrogens (tertiary/aromatic N) is 4. The first-order valence-electron chi connectivity index (χ1n) is 7.64. The van der Waals surface area contributed by atoms with Crippen LogP contribution in [0.15, 0.2) is 29.0 Å². The second-order valence-corrected chi connectivity index (χ2v) is 6.61. The van der Waals surface area contributed by atoms with E-state index >= 15 is 0 Å². The van der Waals surface area contributed by atoms with Crippen LogP contribution in [-0.4, -0.2) is 44.8 Å². The van der Waals surface area contributed by atoms with Crippen LogP contribution in [0.25, 0.3) is 11.5 Å². The molecule has 1 unspecified atom stereocenters. The van der Waals surface area contributed by atoms with Gasteiger partial charge in [0.2, 0.25) is 0 Å². The average molecular weight is 316 g/mol. The minimum atomic E-state index is -0.491. The second-order valence-electron chi connectivity index (χ2n) is 6.61. The molecule has 0 N–H and O–H groups in total. The van der Waals surface area contributed by atoms with E-state index in [-0.39, 0.29) is 12.0 Å². The van der Waals surface area contributed by atoms with Gasteiger partial charge in [0.05, 0.1) is 5.56 Å². The Bertz CT molecular complexity index is 678. The minimum Gasteiger partial charge on any atom is -0.444 e. The molecule has 2 aromatic heterocycles. The van der Waals surface area contributed by atoms with Crippen LogP contribution in [-0.2, 0) is 4.74 Å². The molecule has 7 nitrogen and oxygen atoms in total. The topological polar surface area (TPSA) is 81.4 Å². The fraction of sp³-hybridized carbons (Fsp3) is 0.500. The number of aromatic nitrogens is 3. The molecule has 0 aliphatic carbocycles. The molecule has 1 amide bonds. The molecule has 1 aliphatic rings. The number of hydrogen-bond acceptors (Lipinski definition) is 6. The third-order valence-corrected chi connectivity index (χ3v) is 3.56. The van der Waals surface area contributed by atoms with Crippen LogP contribution >= 0.6 is 0 Å². The van der Waals surface area contributed by atoms with Crippen molar-refractivity contribution in [3.63, 3.8) is 0 Å². The van der Waals surface area contributed by atoms with Crippen LogP contribution in [0.5, 0.6) is 0 Å². The molecule has 0 aromatic carbocycles. The summed E-state index contributed by atoms with van der Waals surface area (Å²) in [5.74, 6) is 1.13. The number of ether oxygens (including phenoxy) is 1. The number of carbonyl (C=O) groups is 1. The number of amides is 1. The maximum atomic E-state index is 12.1. The van der Waals surface area contributed by atoms with Gasteiger partial charge in [-0.05, 0) is 39.3 Å². The summed E-state index contributed by atoms with van der Waals surface area (Å²) in [4.78, 5) is 22.3. The summed E-state index contributed by atoms with van der Waals surface area (Å²) >= 11 is 0. The highest BCUT2D eigenvalue weighted by Gasteiger charge is 2.33. The van der Waals surface area contributed by atoms with Gasteiger partial charge in [0.15, 0.2) is 5.82 Å². The Balaban J connectivity index is 1.66. The molecule has 122 valence electrons. The maximum absolute atomic E-state index is 12.1. The van der Waals surface area contributed by atoms with E-state index in [1.165, 1.54) is 0 Å². The molecule has 3 heterocycles. The van der Waals surface area contributed by atoms with Crippen molar-refractivity contribution in [1.29, 1.82) is 0 Å². The summed E-state index contributed by atoms with van der Waals surface area (Å²) in [6.07, 6.45) is 3.87. The monoisotopic (exact) mass is 316 g/mol. The zero-order chi connectivity index (χ0) is 16.4. The van der Waals surface area contributed by atoms with Crippen molar-refractivity contribution in [2.45, 2.75) is 38.7 Å². The van der Waals surface area contributed by atoms with Gasteiger partial charge in [-0.15, -0.1) is 0 Å². The van der Waals surface area contributed by atoms with E-state index < -0.39 is 5.60 Å². The molecule has 1 fully saturated rings. The molecular weight excluding hydrogens is 296 g/mol. The normalized spacial score (nSPS) is 18.2. The van der Waals surface area contributed by atoms with Crippen molar-refractivity contribution < 1.29 is 14.1 Å². The highest BCUT2D eigenvalue weighted by molar-refractivity contribution is 5.68. The van der Waals surface area contributed by atoms with Gasteiger partial charge in [-0.2, -0.15) is 4.98 Å². The largest absolute Gasteiger partial charge is 0.444 e. The Morgan fingerprint density at radius 3 is 2.96 bits per heavy atom. The first-order valence-corrected chi connectivity index (χ1v) is 7.64. The van der Waals surface area contributed by atoms with Gasteiger partial charge < -0.3 is 14.2 Å². The van der Waals surface area contributed by atoms with Gasteiger partial charge in [0.25, 0.3) is 5.89 Å². The summed E-state index contributed by atoms with van der Waals surface area (Å²) in [6, 6.07) is 3.69. The van der Waals surface area contributed by atoms with Crippen LogP contribution in [0.2, 0.25) is 0 Å². The van der Waals surface area contributed by atoms with E-state index in [0.717, 1.165) is 12.0 Å². The molecule has 1 saturated heterocycles. The van der Waals surface area contributed by atoms with Crippen LogP contribution in [0, 0.1) is 0 Å². The maximum Gasteiger partial charge on any atom is 0.410 e. The Morgan fingerprint density at radius 2 is 2.26 bits per heavy atom. The lowest BCUT2D eigenvalue weighted by Gasteiger charge is -2.24. The predicted octanol–water partition coefficient (Wildman–Crippen LogP) is 2.86. The number of pyridine rings is 1. The minimum absolute atomic E-state index is 0.0664. The van der Waals surface area contributed by atoms with Crippen LogP contribution in [0.1, 0.15) is 38.9 Å². The molecule has 0 radical (unpaired) electrons. The first kappa shape index (κ1) is 15.5. The van der Waals surface area contributed by atoms with Crippen molar-refractivity contribution in [3.05, 3.63) is 30.4 Å². The van der Waals surface area contributed by atoms with Gasteiger partial charge in [0.1, 0.15) is 5.60 Å². The van der Waals surface area contributed by atoms with Crippen LogP contribution in [0.3, 0.4) is 0 Å². The molecular formula is C16H20N4O3. The highest BCUT2D eigenvalue weighted by Crippen LogP contribution is 2.28. The summed E-state index contributed by atoms with van der Waals surface area (Å²) in [5, 5.41) is 4.05. The highest BCUT2D eigenvalue weighted by atomic mass is 16.6. The molecule has 3 rings (SSSR count). The molecule has 2 aromatic rings. The fourth-order valence-electron chi connectivity index (χ4n) is 2.47. The smallest absolute Gasteiger partial charge is 0.410 e. The Morgan fingerprint density at radius 1 is 1.43 bits per heavy atom. The average Bonchev–Trinajstić information content (AvgIpc) is 3.16. The molecule has 1 aliphatic heterocycles. The van der Waals surface area contributed by atoms with E-state index in [1.807, 2.05) is 32.9 Å². The summed E-state index contributed by atoms with van der Waals surface area (Å²) < 4.78 is 10.7. The van der Waals surface area contributed by atoms with Gasteiger partial charge >= 0.3 is 6.09 Å². The standard InChI is InChI=1S/C16H20N4O3/c1-16(2,3)22-15(21)20-8-6-12(10-20)13-18-14(23-19-13)11-5-4-7-17-9-11/h4-5,7,9,12H,6,8,10H2,1-3H3. The van der Waals surface area contributed by atoms with E-state index in [1.54, 1.807) is 17.3 Å². The lowest BCUT2D eigenvalue weighted by molar-refractivity contribution is 0.0292. The van der Waals surface area contributed by atoms with Crippen LogP contribution in [0.4, 0.5) is 4.79 Å². The van der Waals surface area contributed by atoms with E-state index in [0.29, 0.717) is 24.8 Å². The first-order chi connectivity index (χ1) is 10.9. The summed E-state index contributed by atoms with van der Waals surface area (Å²) in [5.41, 5.74) is 0.294.